The number of rotatable bonds is 6. The summed E-state index contributed by atoms with van der Waals surface area (Å²) in [5.74, 6) is 0. The topological polar surface area (TPSA) is 46.2 Å². The minimum absolute atomic E-state index is 0.424. The Morgan fingerprint density at radius 3 is 2.61 bits per heavy atom. The van der Waals surface area contributed by atoms with Crippen molar-refractivity contribution in [3.63, 3.8) is 0 Å². The first-order valence-corrected chi connectivity index (χ1v) is 8.34. The van der Waals surface area contributed by atoms with Gasteiger partial charge in [-0.05, 0) is 30.0 Å². The van der Waals surface area contributed by atoms with Crippen LogP contribution in [0.1, 0.15) is 11.1 Å². The molecule has 0 amide bonds. The molecule has 98 valence electrons. The van der Waals surface area contributed by atoms with Crippen LogP contribution in [0.4, 0.5) is 0 Å². The average Bonchev–Trinajstić information content (AvgIpc) is 2.30. The minimum Gasteiger partial charge on any atom is -0.215 e. The molecule has 0 aromatic heterocycles. The maximum Gasteiger partial charge on any atom is 0.208 e. The quantitative estimate of drug-likeness (QED) is 0.814. The fraction of sp³-hybridized carbons (Fsp3) is 0.308. The fourth-order valence-corrected chi connectivity index (χ4v) is 2.24. The van der Waals surface area contributed by atoms with Crippen LogP contribution in [-0.4, -0.2) is 21.2 Å². The van der Waals surface area contributed by atoms with E-state index in [4.69, 9.17) is 0 Å². The number of halogens is 1. The van der Waals surface area contributed by atoms with Gasteiger partial charge < -0.3 is 0 Å². The summed E-state index contributed by atoms with van der Waals surface area (Å²) in [7, 11) is -3.11. The van der Waals surface area contributed by atoms with Crippen LogP contribution in [0.2, 0.25) is 0 Å². The molecular weight excluding hydrogens is 314 g/mol. The standard InChI is InChI=1S/C13H16BrNO2S/c1-18(16,17)15-11-9-13-7-3-2-6-12(13)8-4-5-10-14/h2-4,6-7,10,15H,8-9,11H2,1H3. The lowest BCUT2D eigenvalue weighted by Crippen LogP contribution is -2.24. The molecule has 1 rings (SSSR count). The number of nitrogens with one attached hydrogen (secondary N) is 1. The molecule has 1 N–H and O–H groups in total. The van der Waals surface area contributed by atoms with Gasteiger partial charge in [-0.25, -0.2) is 13.1 Å². The molecule has 0 fully saturated rings. The highest BCUT2D eigenvalue weighted by atomic mass is 79.9. The average molecular weight is 330 g/mol. The second-order valence-electron chi connectivity index (χ2n) is 3.87. The van der Waals surface area contributed by atoms with Crippen molar-refractivity contribution in [1.29, 1.82) is 0 Å². The lowest BCUT2D eigenvalue weighted by molar-refractivity contribution is 0.588. The van der Waals surface area contributed by atoms with E-state index >= 15 is 0 Å². The van der Waals surface area contributed by atoms with Gasteiger partial charge in [-0.1, -0.05) is 40.2 Å². The van der Waals surface area contributed by atoms with Crippen LogP contribution >= 0.6 is 15.9 Å². The monoisotopic (exact) mass is 329 g/mol. The highest BCUT2D eigenvalue weighted by Gasteiger charge is 2.03. The molecular formula is C13H16BrNO2S. The Morgan fingerprint density at radius 1 is 1.33 bits per heavy atom. The molecule has 0 radical (unpaired) electrons. The van der Waals surface area contributed by atoms with Crippen molar-refractivity contribution in [2.75, 3.05) is 12.8 Å². The lowest BCUT2D eigenvalue weighted by Gasteiger charge is -2.07. The third kappa shape index (κ3) is 6.17. The van der Waals surface area contributed by atoms with E-state index in [2.05, 4.69) is 26.4 Å². The summed E-state index contributed by atoms with van der Waals surface area (Å²) in [6.07, 6.45) is 4.58. The van der Waals surface area contributed by atoms with Gasteiger partial charge in [-0.2, -0.15) is 0 Å². The molecule has 18 heavy (non-hydrogen) atoms. The van der Waals surface area contributed by atoms with E-state index in [9.17, 15) is 8.42 Å². The fourth-order valence-electron chi connectivity index (χ4n) is 1.59. The van der Waals surface area contributed by atoms with Gasteiger partial charge >= 0.3 is 0 Å². The van der Waals surface area contributed by atoms with E-state index in [1.54, 1.807) is 4.99 Å². The van der Waals surface area contributed by atoms with Gasteiger partial charge in [0, 0.05) is 11.5 Å². The first-order chi connectivity index (χ1) is 8.53. The SMILES string of the molecule is CS(=O)(=O)NCCc1ccccc1CC=C=CBr. The normalized spacial score (nSPS) is 10.8. The summed E-state index contributed by atoms with van der Waals surface area (Å²) in [6.45, 7) is 0.424. The van der Waals surface area contributed by atoms with E-state index in [0.717, 1.165) is 12.0 Å². The number of hydrogen-bond donors (Lipinski definition) is 1. The maximum atomic E-state index is 11.0. The molecule has 0 unspecified atom stereocenters. The summed E-state index contributed by atoms with van der Waals surface area (Å²) in [6, 6.07) is 8.00. The predicted molar refractivity (Wildman–Crippen MR) is 78.3 cm³/mol. The summed E-state index contributed by atoms with van der Waals surface area (Å²) < 4.78 is 24.5. The summed E-state index contributed by atoms with van der Waals surface area (Å²) >= 11 is 3.16. The first kappa shape index (κ1) is 15.2. The molecule has 0 saturated carbocycles. The van der Waals surface area contributed by atoms with Gasteiger partial charge in [0.05, 0.1) is 6.26 Å². The smallest absolute Gasteiger partial charge is 0.208 e. The number of sulfonamides is 1. The van der Waals surface area contributed by atoms with Gasteiger partial charge in [0.25, 0.3) is 0 Å². The molecule has 0 aliphatic rings. The van der Waals surface area contributed by atoms with E-state index in [1.165, 1.54) is 11.8 Å². The molecule has 1 aromatic carbocycles. The molecule has 0 bridgehead atoms. The van der Waals surface area contributed by atoms with Crippen LogP contribution in [0.15, 0.2) is 41.1 Å². The van der Waals surface area contributed by atoms with Gasteiger partial charge in [0.15, 0.2) is 0 Å². The highest BCUT2D eigenvalue weighted by molar-refractivity contribution is 9.11. The molecule has 0 atom stereocenters. The van der Waals surface area contributed by atoms with E-state index in [1.807, 2.05) is 30.3 Å². The Kier molecular flexibility index (Phi) is 6.36. The molecule has 0 heterocycles. The van der Waals surface area contributed by atoms with Crippen LogP contribution in [0, 0.1) is 0 Å². The Morgan fingerprint density at radius 2 is 2.00 bits per heavy atom. The summed E-state index contributed by atoms with van der Waals surface area (Å²) in [5, 5.41) is 0. The van der Waals surface area contributed by atoms with Crippen LogP contribution in [0.3, 0.4) is 0 Å². The number of benzene rings is 1. The molecule has 0 saturated heterocycles. The molecule has 1 aromatic rings. The zero-order valence-corrected chi connectivity index (χ0v) is 12.6. The zero-order chi connectivity index (χ0) is 13.4. The molecule has 5 heteroatoms. The van der Waals surface area contributed by atoms with E-state index in [-0.39, 0.29) is 0 Å². The predicted octanol–water partition coefficient (Wildman–Crippen LogP) is 2.38. The Hall–Kier alpha value is -0.870. The maximum absolute atomic E-state index is 11.0. The van der Waals surface area contributed by atoms with Crippen molar-refractivity contribution in [3.8, 4) is 0 Å². The largest absolute Gasteiger partial charge is 0.215 e. The van der Waals surface area contributed by atoms with Gasteiger partial charge in [0.1, 0.15) is 0 Å². The zero-order valence-electron chi connectivity index (χ0n) is 10.2. The number of allylic oxidation sites excluding steroid dienone is 1. The van der Waals surface area contributed by atoms with E-state index in [0.29, 0.717) is 13.0 Å². The Labute approximate surface area is 117 Å². The Balaban J connectivity index is 2.67. The van der Waals surface area contributed by atoms with Crippen molar-refractivity contribution in [2.45, 2.75) is 12.8 Å². The first-order valence-electron chi connectivity index (χ1n) is 5.54. The molecule has 3 nitrogen and oxygen atoms in total. The third-order valence-corrected chi connectivity index (χ3v) is 3.37. The van der Waals surface area contributed by atoms with Crippen molar-refractivity contribution in [1.82, 2.24) is 4.72 Å². The van der Waals surface area contributed by atoms with E-state index < -0.39 is 10.0 Å². The van der Waals surface area contributed by atoms with Crippen LogP contribution in [0.25, 0.3) is 0 Å². The Bertz CT molecular complexity index is 546. The van der Waals surface area contributed by atoms with Crippen LogP contribution in [-0.2, 0) is 22.9 Å². The third-order valence-electron chi connectivity index (χ3n) is 2.38. The molecule has 0 aliphatic carbocycles. The minimum atomic E-state index is -3.11. The molecule has 0 aliphatic heterocycles. The van der Waals surface area contributed by atoms with Crippen LogP contribution < -0.4 is 4.72 Å². The van der Waals surface area contributed by atoms with Crippen LogP contribution in [0.5, 0.6) is 0 Å². The van der Waals surface area contributed by atoms with Gasteiger partial charge in [-0.15, -0.1) is 5.73 Å². The molecule has 0 spiro atoms. The summed E-state index contributed by atoms with van der Waals surface area (Å²) in [5.41, 5.74) is 5.30. The number of hydrogen-bond acceptors (Lipinski definition) is 2. The van der Waals surface area contributed by atoms with Gasteiger partial charge in [-0.3, -0.25) is 0 Å². The van der Waals surface area contributed by atoms with Crippen molar-refractivity contribution < 1.29 is 8.42 Å². The van der Waals surface area contributed by atoms with Gasteiger partial charge in [0.2, 0.25) is 10.0 Å². The highest BCUT2D eigenvalue weighted by Crippen LogP contribution is 2.10. The van der Waals surface area contributed by atoms with Crippen molar-refractivity contribution in [2.24, 2.45) is 0 Å². The second kappa shape index (κ2) is 7.54. The van der Waals surface area contributed by atoms with Crippen molar-refractivity contribution in [3.05, 3.63) is 52.2 Å². The van der Waals surface area contributed by atoms with Crippen molar-refractivity contribution >= 4 is 26.0 Å². The second-order valence-corrected chi connectivity index (χ2v) is 6.16. The lowest BCUT2D eigenvalue weighted by atomic mass is 10.0. The summed E-state index contributed by atoms with van der Waals surface area (Å²) in [4.78, 5) is 1.68.